The van der Waals surface area contributed by atoms with Crippen molar-refractivity contribution in [3.05, 3.63) is 58.9 Å². The van der Waals surface area contributed by atoms with Crippen LogP contribution in [0, 0.1) is 18.4 Å². The summed E-state index contributed by atoms with van der Waals surface area (Å²) in [4.78, 5) is 21.8. The van der Waals surface area contributed by atoms with Crippen molar-refractivity contribution < 1.29 is 4.79 Å². The quantitative estimate of drug-likeness (QED) is 0.132. The highest BCUT2D eigenvalue weighted by molar-refractivity contribution is 14.1. The summed E-state index contributed by atoms with van der Waals surface area (Å²) in [5.41, 5.74) is 4.32. The van der Waals surface area contributed by atoms with Crippen molar-refractivity contribution >= 4 is 45.5 Å². The Morgan fingerprint density at radius 1 is 1.31 bits per heavy atom. The molecule has 36 heavy (non-hydrogen) atoms. The van der Waals surface area contributed by atoms with Crippen LogP contribution in [0.3, 0.4) is 0 Å². The Kier molecular flexibility index (Phi) is 8.08. The number of aromatic nitrogens is 3. The standard InChI is InChI=1S/C26H31IN8O/c1-17-22-20(13-27)21(14-30-23(22)35(3)34-17)24(36)31-15-26(18-7-5-4-6-8-18)11-9-19(10-12-26)33-25(29-2)32-16-28/h4-8,14,19H,9-13,15H2,1-3H3,(H,31,36)(H2,29,32,33)/t19-,26-. The van der Waals surface area contributed by atoms with Gasteiger partial charge in [0.2, 0.25) is 12.2 Å². The number of benzene rings is 1. The van der Waals surface area contributed by atoms with E-state index in [9.17, 15) is 4.79 Å². The molecule has 4 rings (SSSR count). The molecule has 2 heterocycles. The first-order valence-electron chi connectivity index (χ1n) is 12.0. The zero-order valence-electron chi connectivity index (χ0n) is 20.8. The molecule has 1 aliphatic carbocycles. The number of aliphatic imine (C=N–C) groups is 1. The smallest absolute Gasteiger partial charge is 0.253 e. The van der Waals surface area contributed by atoms with E-state index in [2.05, 4.69) is 77.9 Å². The van der Waals surface area contributed by atoms with E-state index in [0.717, 1.165) is 48.0 Å². The van der Waals surface area contributed by atoms with Crippen molar-refractivity contribution in [3.8, 4) is 6.19 Å². The van der Waals surface area contributed by atoms with Crippen LogP contribution in [0.25, 0.3) is 11.0 Å². The van der Waals surface area contributed by atoms with Gasteiger partial charge in [-0.25, -0.2) is 4.98 Å². The molecule has 1 amide bonds. The average Bonchev–Trinajstić information content (AvgIpc) is 3.21. The van der Waals surface area contributed by atoms with Crippen LogP contribution in [-0.4, -0.2) is 46.3 Å². The molecule has 2 aromatic heterocycles. The van der Waals surface area contributed by atoms with Crippen molar-refractivity contribution in [2.45, 2.75) is 48.5 Å². The molecule has 1 fully saturated rings. The van der Waals surface area contributed by atoms with E-state index < -0.39 is 0 Å². The van der Waals surface area contributed by atoms with Gasteiger partial charge in [0.15, 0.2) is 5.65 Å². The minimum Gasteiger partial charge on any atom is -0.359 e. The van der Waals surface area contributed by atoms with Crippen LogP contribution in [0.1, 0.15) is 52.9 Å². The maximum absolute atomic E-state index is 13.5. The first-order chi connectivity index (χ1) is 17.4. The molecule has 188 valence electrons. The van der Waals surface area contributed by atoms with Gasteiger partial charge in [-0.15, -0.1) is 4.99 Å². The topological polar surface area (TPSA) is 120 Å². The summed E-state index contributed by atoms with van der Waals surface area (Å²) in [7, 11) is 3.62. The van der Waals surface area contributed by atoms with Crippen LogP contribution in [0.15, 0.2) is 41.5 Å². The lowest BCUT2D eigenvalue weighted by molar-refractivity contribution is 0.0934. The number of hydrogen-bond acceptors (Lipinski definition) is 5. The molecule has 1 aromatic carbocycles. The molecule has 0 atom stereocenters. The van der Waals surface area contributed by atoms with E-state index in [-0.39, 0.29) is 17.4 Å². The number of alkyl halides is 1. The lowest BCUT2D eigenvalue weighted by atomic mass is 9.68. The van der Waals surface area contributed by atoms with E-state index in [0.29, 0.717) is 22.5 Å². The third-order valence-electron chi connectivity index (χ3n) is 7.17. The Labute approximate surface area is 224 Å². The number of hydrogen-bond donors (Lipinski definition) is 3. The monoisotopic (exact) mass is 598 g/mol. The number of guanidine groups is 1. The van der Waals surface area contributed by atoms with Gasteiger partial charge in [-0.3, -0.25) is 9.48 Å². The van der Waals surface area contributed by atoms with Crippen LogP contribution in [0.5, 0.6) is 0 Å². The summed E-state index contributed by atoms with van der Waals surface area (Å²) < 4.78 is 2.46. The Morgan fingerprint density at radius 3 is 2.67 bits per heavy atom. The number of carbonyl (C=O) groups is 1. The van der Waals surface area contributed by atoms with Gasteiger partial charge in [0.05, 0.1) is 11.3 Å². The number of carbonyl (C=O) groups excluding carboxylic acids is 1. The first kappa shape index (κ1) is 25.9. The summed E-state index contributed by atoms with van der Waals surface area (Å²) in [6.45, 7) is 2.50. The number of amides is 1. The number of nitrogens with zero attached hydrogens (tertiary/aromatic N) is 5. The fourth-order valence-corrected chi connectivity index (χ4v) is 6.03. The molecule has 3 aromatic rings. The third-order valence-corrected chi connectivity index (χ3v) is 7.93. The Morgan fingerprint density at radius 2 is 2.03 bits per heavy atom. The zero-order valence-corrected chi connectivity index (χ0v) is 23.0. The largest absolute Gasteiger partial charge is 0.359 e. The highest BCUT2D eigenvalue weighted by Gasteiger charge is 2.37. The number of fused-ring (bicyclic) bond motifs is 1. The van der Waals surface area contributed by atoms with Gasteiger partial charge in [0, 0.05) is 48.1 Å². The highest BCUT2D eigenvalue weighted by Crippen LogP contribution is 2.39. The summed E-state index contributed by atoms with van der Waals surface area (Å²) in [6, 6.07) is 10.6. The van der Waals surface area contributed by atoms with Gasteiger partial charge in [0.25, 0.3) is 5.91 Å². The number of nitriles is 1. The maximum Gasteiger partial charge on any atom is 0.253 e. The van der Waals surface area contributed by atoms with Crippen molar-refractivity contribution in [2.75, 3.05) is 13.6 Å². The highest BCUT2D eigenvalue weighted by atomic mass is 127. The molecule has 3 N–H and O–H groups in total. The van der Waals surface area contributed by atoms with Gasteiger partial charge in [-0.2, -0.15) is 10.4 Å². The second-order valence-electron chi connectivity index (χ2n) is 9.25. The normalized spacial score (nSPS) is 20.1. The zero-order chi connectivity index (χ0) is 25.7. The molecular weight excluding hydrogens is 567 g/mol. The van der Waals surface area contributed by atoms with Gasteiger partial charge >= 0.3 is 0 Å². The second-order valence-corrected chi connectivity index (χ2v) is 10.0. The van der Waals surface area contributed by atoms with E-state index in [1.165, 1.54) is 5.56 Å². The van der Waals surface area contributed by atoms with Crippen LogP contribution in [0.2, 0.25) is 0 Å². The second kappa shape index (κ2) is 11.2. The predicted octanol–water partition coefficient (Wildman–Crippen LogP) is 3.47. The SMILES string of the molecule is CN/C(=N\C#N)N[C@H]1CC[C@](CNC(=O)c2cnc3c(c(C)nn3C)c2CI)(c2ccccc2)CC1. The number of pyridine rings is 1. The fraction of sp³-hybridized carbons (Fsp3) is 0.423. The molecule has 10 heteroatoms. The summed E-state index contributed by atoms with van der Waals surface area (Å²) in [6.07, 6.45) is 7.11. The summed E-state index contributed by atoms with van der Waals surface area (Å²) in [5, 5.41) is 23.9. The molecule has 0 aliphatic heterocycles. The fourth-order valence-electron chi connectivity index (χ4n) is 5.24. The van der Waals surface area contributed by atoms with Crippen molar-refractivity contribution in [1.82, 2.24) is 30.7 Å². The Hall–Kier alpha value is -3.20. The average molecular weight is 598 g/mol. The van der Waals surface area contributed by atoms with Crippen LogP contribution >= 0.6 is 22.6 Å². The van der Waals surface area contributed by atoms with Crippen molar-refractivity contribution in [1.29, 1.82) is 5.26 Å². The van der Waals surface area contributed by atoms with Crippen LogP contribution in [0.4, 0.5) is 0 Å². The van der Waals surface area contributed by atoms with E-state index in [1.54, 1.807) is 17.9 Å². The molecule has 0 unspecified atom stereocenters. The Balaban J connectivity index is 1.55. The Bertz CT molecular complexity index is 1300. The van der Waals surface area contributed by atoms with Crippen LogP contribution < -0.4 is 16.0 Å². The molecule has 0 saturated heterocycles. The maximum atomic E-state index is 13.5. The number of rotatable bonds is 6. The van der Waals surface area contributed by atoms with Gasteiger partial charge in [-0.1, -0.05) is 52.9 Å². The summed E-state index contributed by atoms with van der Waals surface area (Å²) >= 11 is 2.30. The number of halogens is 1. The minimum absolute atomic E-state index is 0.103. The molecule has 9 nitrogen and oxygen atoms in total. The van der Waals surface area contributed by atoms with Crippen molar-refractivity contribution in [2.24, 2.45) is 12.0 Å². The predicted molar refractivity (Wildman–Crippen MR) is 149 cm³/mol. The molecule has 0 spiro atoms. The first-order valence-corrected chi connectivity index (χ1v) is 13.6. The molecule has 1 saturated carbocycles. The minimum atomic E-state index is -0.173. The third kappa shape index (κ3) is 5.16. The molecule has 1 aliphatic rings. The lowest BCUT2D eigenvalue weighted by Crippen LogP contribution is -2.49. The van der Waals surface area contributed by atoms with Gasteiger partial charge in [0.1, 0.15) is 0 Å². The van der Waals surface area contributed by atoms with Gasteiger partial charge < -0.3 is 16.0 Å². The molecular formula is C26H31IN8O. The number of nitrogens with one attached hydrogen (secondary N) is 3. The van der Waals surface area contributed by atoms with Crippen LogP contribution in [-0.2, 0) is 16.9 Å². The molecule has 0 bridgehead atoms. The number of aryl methyl sites for hydroxylation is 2. The summed E-state index contributed by atoms with van der Waals surface area (Å²) in [5.74, 6) is 0.386. The lowest BCUT2D eigenvalue weighted by Gasteiger charge is -2.41. The van der Waals surface area contributed by atoms with E-state index in [4.69, 9.17) is 5.26 Å². The van der Waals surface area contributed by atoms with E-state index in [1.807, 2.05) is 26.2 Å². The molecule has 0 radical (unpaired) electrons. The van der Waals surface area contributed by atoms with E-state index >= 15 is 0 Å². The van der Waals surface area contributed by atoms with Crippen molar-refractivity contribution in [3.63, 3.8) is 0 Å². The van der Waals surface area contributed by atoms with Gasteiger partial charge in [-0.05, 0) is 43.7 Å².